The van der Waals surface area contributed by atoms with Crippen LogP contribution in [0.4, 0.5) is 0 Å². The van der Waals surface area contributed by atoms with E-state index in [1.54, 1.807) is 0 Å². The number of nitrogens with one attached hydrogen (secondary N) is 1. The van der Waals surface area contributed by atoms with E-state index in [2.05, 4.69) is 24.2 Å². The molecule has 2 rings (SSSR count). The molecule has 2 fully saturated rings. The van der Waals surface area contributed by atoms with Crippen LogP contribution in [0.2, 0.25) is 0 Å². The predicted molar refractivity (Wildman–Crippen MR) is 88.1 cm³/mol. The van der Waals surface area contributed by atoms with Crippen molar-refractivity contribution in [2.75, 3.05) is 26.7 Å². The molecule has 1 heterocycles. The van der Waals surface area contributed by atoms with Crippen molar-refractivity contribution in [2.24, 2.45) is 11.8 Å². The lowest BCUT2D eigenvalue weighted by Gasteiger charge is -2.34. The number of likely N-dealkylation sites (N-methyl/N-ethyl adjacent to an activating group) is 1. The standard InChI is InChI=1S/C18H36N2/c1-3-8-16-9-7-13-20(14-12-16)15-18(19-2)17-10-5-4-6-11-17/h16-19H,3-15H2,1-2H3. The zero-order valence-electron chi connectivity index (χ0n) is 13.9. The van der Waals surface area contributed by atoms with E-state index in [-0.39, 0.29) is 0 Å². The average Bonchev–Trinajstić information content (AvgIpc) is 2.71. The van der Waals surface area contributed by atoms with Gasteiger partial charge < -0.3 is 10.2 Å². The van der Waals surface area contributed by atoms with E-state index in [4.69, 9.17) is 0 Å². The molecule has 2 atom stereocenters. The summed E-state index contributed by atoms with van der Waals surface area (Å²) in [7, 11) is 2.18. The molecule has 2 nitrogen and oxygen atoms in total. The van der Waals surface area contributed by atoms with Gasteiger partial charge >= 0.3 is 0 Å². The molecule has 1 saturated heterocycles. The molecule has 2 unspecified atom stereocenters. The lowest BCUT2D eigenvalue weighted by Crippen LogP contribution is -2.45. The van der Waals surface area contributed by atoms with Gasteiger partial charge in [0.05, 0.1) is 0 Å². The Morgan fingerprint density at radius 1 is 1.00 bits per heavy atom. The second-order valence-electron chi connectivity index (χ2n) is 7.18. The van der Waals surface area contributed by atoms with Crippen LogP contribution >= 0.6 is 0 Å². The molecule has 0 amide bonds. The van der Waals surface area contributed by atoms with Gasteiger partial charge in [0.15, 0.2) is 0 Å². The van der Waals surface area contributed by atoms with E-state index < -0.39 is 0 Å². The molecule has 2 aliphatic rings. The highest BCUT2D eigenvalue weighted by Gasteiger charge is 2.25. The van der Waals surface area contributed by atoms with Gasteiger partial charge in [0.25, 0.3) is 0 Å². The van der Waals surface area contributed by atoms with Gasteiger partial charge in [-0.25, -0.2) is 0 Å². The summed E-state index contributed by atoms with van der Waals surface area (Å²) in [6, 6.07) is 0.734. The van der Waals surface area contributed by atoms with Crippen LogP contribution in [0, 0.1) is 11.8 Å². The smallest absolute Gasteiger partial charge is 0.0220 e. The van der Waals surface area contributed by atoms with E-state index in [0.29, 0.717) is 0 Å². The van der Waals surface area contributed by atoms with Crippen LogP contribution in [0.5, 0.6) is 0 Å². The van der Waals surface area contributed by atoms with Crippen molar-refractivity contribution in [1.29, 1.82) is 0 Å². The Kier molecular flexibility index (Phi) is 7.37. The molecule has 0 bridgehead atoms. The first-order valence-corrected chi connectivity index (χ1v) is 9.23. The Hall–Kier alpha value is -0.0800. The van der Waals surface area contributed by atoms with E-state index >= 15 is 0 Å². The Morgan fingerprint density at radius 3 is 2.50 bits per heavy atom. The summed E-state index contributed by atoms with van der Waals surface area (Å²) in [5.74, 6) is 1.94. The Morgan fingerprint density at radius 2 is 1.80 bits per heavy atom. The van der Waals surface area contributed by atoms with Gasteiger partial charge in [-0.3, -0.25) is 0 Å². The molecular weight excluding hydrogens is 244 g/mol. The molecular formula is C18H36N2. The van der Waals surface area contributed by atoms with Gasteiger partial charge in [-0.15, -0.1) is 0 Å². The zero-order valence-corrected chi connectivity index (χ0v) is 13.9. The summed E-state index contributed by atoms with van der Waals surface area (Å²) in [6.45, 7) is 6.31. The topological polar surface area (TPSA) is 15.3 Å². The van der Waals surface area contributed by atoms with Gasteiger partial charge in [0, 0.05) is 12.6 Å². The largest absolute Gasteiger partial charge is 0.315 e. The Labute approximate surface area is 126 Å². The van der Waals surface area contributed by atoms with E-state index in [1.807, 2.05) is 0 Å². The van der Waals surface area contributed by atoms with Crippen molar-refractivity contribution >= 4 is 0 Å². The van der Waals surface area contributed by atoms with E-state index in [1.165, 1.54) is 83.8 Å². The summed E-state index contributed by atoms with van der Waals surface area (Å²) in [5, 5.41) is 3.63. The van der Waals surface area contributed by atoms with Crippen LogP contribution in [0.1, 0.15) is 71.1 Å². The number of hydrogen-bond acceptors (Lipinski definition) is 2. The van der Waals surface area contributed by atoms with E-state index in [0.717, 1.165) is 17.9 Å². The fourth-order valence-electron chi connectivity index (χ4n) is 4.40. The lowest BCUT2D eigenvalue weighted by atomic mass is 9.83. The highest BCUT2D eigenvalue weighted by atomic mass is 15.1. The van der Waals surface area contributed by atoms with Gasteiger partial charge in [-0.1, -0.05) is 39.0 Å². The minimum absolute atomic E-state index is 0.734. The molecule has 0 spiro atoms. The highest BCUT2D eigenvalue weighted by Crippen LogP contribution is 2.28. The molecule has 1 saturated carbocycles. The molecule has 1 aliphatic carbocycles. The molecule has 1 aliphatic heterocycles. The third-order valence-corrected chi connectivity index (χ3v) is 5.68. The van der Waals surface area contributed by atoms with Crippen LogP contribution in [-0.4, -0.2) is 37.6 Å². The summed E-state index contributed by atoms with van der Waals surface area (Å²) in [6.07, 6.45) is 14.4. The first-order chi connectivity index (χ1) is 9.83. The first-order valence-electron chi connectivity index (χ1n) is 9.23. The van der Waals surface area contributed by atoms with Crippen molar-refractivity contribution in [3.63, 3.8) is 0 Å². The van der Waals surface area contributed by atoms with Crippen molar-refractivity contribution in [2.45, 2.75) is 77.2 Å². The van der Waals surface area contributed by atoms with Crippen molar-refractivity contribution < 1.29 is 0 Å². The number of rotatable bonds is 6. The van der Waals surface area contributed by atoms with Gasteiger partial charge in [0.1, 0.15) is 0 Å². The van der Waals surface area contributed by atoms with Crippen molar-refractivity contribution in [1.82, 2.24) is 10.2 Å². The maximum Gasteiger partial charge on any atom is 0.0220 e. The molecule has 2 heteroatoms. The number of hydrogen-bond donors (Lipinski definition) is 1. The van der Waals surface area contributed by atoms with Gasteiger partial charge in [0.2, 0.25) is 0 Å². The third kappa shape index (κ3) is 5.04. The first kappa shape index (κ1) is 16.3. The minimum atomic E-state index is 0.734. The van der Waals surface area contributed by atoms with Crippen molar-refractivity contribution in [3.05, 3.63) is 0 Å². The molecule has 118 valence electrons. The van der Waals surface area contributed by atoms with E-state index in [9.17, 15) is 0 Å². The SMILES string of the molecule is CCCC1CCCN(CC(NC)C2CCCCC2)CC1. The molecule has 0 aromatic heterocycles. The number of nitrogens with zero attached hydrogens (tertiary/aromatic N) is 1. The molecule has 0 aromatic carbocycles. The fourth-order valence-corrected chi connectivity index (χ4v) is 4.40. The maximum absolute atomic E-state index is 3.63. The quantitative estimate of drug-likeness (QED) is 0.789. The predicted octanol–water partition coefficient (Wildman–Crippen LogP) is 4.06. The summed E-state index contributed by atoms with van der Waals surface area (Å²) in [5.41, 5.74) is 0. The van der Waals surface area contributed by atoms with Gasteiger partial charge in [-0.05, 0) is 64.1 Å². The van der Waals surface area contributed by atoms with Crippen molar-refractivity contribution in [3.8, 4) is 0 Å². The second-order valence-corrected chi connectivity index (χ2v) is 7.18. The second kappa shape index (κ2) is 9.04. The zero-order chi connectivity index (χ0) is 14.2. The molecule has 20 heavy (non-hydrogen) atoms. The van der Waals surface area contributed by atoms with Crippen LogP contribution in [0.15, 0.2) is 0 Å². The lowest BCUT2D eigenvalue weighted by molar-refractivity contribution is 0.191. The minimum Gasteiger partial charge on any atom is -0.315 e. The van der Waals surface area contributed by atoms with Gasteiger partial charge in [-0.2, -0.15) is 0 Å². The monoisotopic (exact) mass is 280 g/mol. The molecule has 0 aromatic rings. The highest BCUT2D eigenvalue weighted by molar-refractivity contribution is 4.82. The summed E-state index contributed by atoms with van der Waals surface area (Å²) >= 11 is 0. The normalized spacial score (nSPS) is 28.2. The fraction of sp³-hybridized carbons (Fsp3) is 1.00. The Bertz CT molecular complexity index is 248. The van der Waals surface area contributed by atoms with Crippen LogP contribution in [0.3, 0.4) is 0 Å². The molecule has 0 radical (unpaired) electrons. The number of likely N-dealkylation sites (tertiary alicyclic amines) is 1. The Balaban J connectivity index is 1.78. The maximum atomic E-state index is 3.63. The third-order valence-electron chi connectivity index (χ3n) is 5.68. The van der Waals surface area contributed by atoms with Crippen LogP contribution in [-0.2, 0) is 0 Å². The summed E-state index contributed by atoms with van der Waals surface area (Å²) < 4.78 is 0. The molecule has 1 N–H and O–H groups in total. The van der Waals surface area contributed by atoms with Crippen LogP contribution in [0.25, 0.3) is 0 Å². The average molecular weight is 281 g/mol. The van der Waals surface area contributed by atoms with Crippen LogP contribution < -0.4 is 5.32 Å². The summed E-state index contributed by atoms with van der Waals surface area (Å²) in [4.78, 5) is 2.76.